The molecule has 0 saturated heterocycles. The predicted octanol–water partition coefficient (Wildman–Crippen LogP) is 18.4. The number of pyridine rings is 1. The maximum Gasteiger partial charge on any atom is 0.137 e. The molecule has 13 aromatic rings. The van der Waals surface area contributed by atoms with Crippen molar-refractivity contribution in [1.29, 1.82) is 0 Å². The smallest absolute Gasteiger partial charge is 0.137 e. The van der Waals surface area contributed by atoms with Crippen LogP contribution in [-0.4, -0.2) is 25.4 Å². The van der Waals surface area contributed by atoms with Crippen molar-refractivity contribution in [3.05, 3.63) is 218 Å². The SMILES string of the molecule is [2H]C([2H])([2H])n1c2ccccc2c2c(-c3ccccc3)c3c4ccccc4n(C([2H])([2H])[2H])c3c(N3CN(c4cc(Oc5ccc6c7cc(-c8ccccc8)ccc7n(-c7cc(C(C)(C)C)ccn7)c6c5)cc(C(C)(C)C)c4)c4ccccc43)c21. The van der Waals surface area contributed by atoms with E-state index < -0.39 is 14.0 Å². The molecule has 0 saturated carbocycles. The molecule has 1 aliphatic rings. The first-order valence-electron chi connectivity index (χ1n) is 29.4. The zero-order valence-electron chi connectivity index (χ0n) is 49.9. The average Bonchev–Trinajstić information content (AvgIpc) is 1.63. The summed E-state index contributed by atoms with van der Waals surface area (Å²) in [6, 6.07) is 67.4. The van der Waals surface area contributed by atoms with Gasteiger partial charge in [0.2, 0.25) is 0 Å². The van der Waals surface area contributed by atoms with Crippen molar-refractivity contribution in [1.82, 2.24) is 18.7 Å². The second-order valence-electron chi connectivity index (χ2n) is 22.6. The number of nitrogens with zero attached hydrogens (tertiary/aromatic N) is 6. The summed E-state index contributed by atoms with van der Waals surface area (Å²) in [5, 5.41) is 5.13. The van der Waals surface area contributed by atoms with E-state index in [0.29, 0.717) is 39.3 Å². The number of benzene rings is 9. The standard InChI is InChI=1S/C70H60N6O/c1-69(2,3)47-35-36-71-62(40-47)76-58-34-31-46(44-21-11-9-12-22-44)37-55(58)52-33-32-50(42-61(52)76)77-51-39-48(70(4,5)6)38-49(41-51)74-43-75(60-30-20-19-29-59(60)74)68-66-64(53-25-15-17-27-56(53)72(66)7)63(45-23-13-10-14-24-45)65-54-26-16-18-28-57(54)73(8)67(65)68/h9-42H,43H2,1-8H3/i7D3,8D3. The van der Waals surface area contributed by atoms with Gasteiger partial charge in [0.05, 0.1) is 39.1 Å². The van der Waals surface area contributed by atoms with Gasteiger partial charge in [-0.15, -0.1) is 0 Å². The number of hydrogen-bond donors (Lipinski definition) is 0. The zero-order chi connectivity index (χ0) is 57.5. The van der Waals surface area contributed by atoms with Crippen LogP contribution in [0.25, 0.3) is 93.5 Å². The maximum atomic E-state index is 9.34. The number of fused-ring (bicyclic) bond motifs is 10. The van der Waals surface area contributed by atoms with Crippen LogP contribution < -0.4 is 14.5 Å². The largest absolute Gasteiger partial charge is 0.457 e. The van der Waals surface area contributed by atoms with Gasteiger partial charge in [-0.25, -0.2) is 4.98 Å². The van der Waals surface area contributed by atoms with Crippen molar-refractivity contribution in [2.24, 2.45) is 14.0 Å². The van der Waals surface area contributed by atoms with E-state index in [9.17, 15) is 8.22 Å². The molecule has 0 N–H and O–H groups in total. The number of ether oxygens (including phenoxy) is 1. The van der Waals surface area contributed by atoms with Crippen LogP contribution in [0.5, 0.6) is 11.5 Å². The molecule has 0 atom stereocenters. The van der Waals surface area contributed by atoms with Gasteiger partial charge in [-0.2, -0.15) is 0 Å². The zero-order valence-corrected chi connectivity index (χ0v) is 43.9. The summed E-state index contributed by atoms with van der Waals surface area (Å²) in [5.41, 5.74) is 12.5. The molecule has 0 radical (unpaired) electrons. The molecule has 0 amide bonds. The maximum absolute atomic E-state index is 9.34. The van der Waals surface area contributed by atoms with Gasteiger partial charge >= 0.3 is 0 Å². The van der Waals surface area contributed by atoms with E-state index in [1.807, 2.05) is 115 Å². The molecule has 0 fully saturated rings. The molecule has 77 heavy (non-hydrogen) atoms. The molecule has 5 heterocycles. The first kappa shape index (κ1) is 40.3. The average molecular weight is 1010 g/mol. The second kappa shape index (κ2) is 17.2. The first-order chi connectivity index (χ1) is 39.7. The summed E-state index contributed by atoms with van der Waals surface area (Å²) in [6.45, 7) is 8.05. The van der Waals surface area contributed by atoms with Crippen LogP contribution in [0, 0.1) is 0 Å². The molecule has 0 aliphatic carbocycles. The summed E-state index contributed by atoms with van der Waals surface area (Å²) < 4.78 is 68.3. The van der Waals surface area contributed by atoms with Gasteiger partial charge in [-0.3, -0.25) is 4.57 Å². The van der Waals surface area contributed by atoms with Gasteiger partial charge in [0.25, 0.3) is 0 Å². The van der Waals surface area contributed by atoms with Crippen LogP contribution in [0.15, 0.2) is 206 Å². The predicted molar refractivity (Wildman–Crippen MR) is 323 cm³/mol. The van der Waals surface area contributed by atoms with Gasteiger partial charge in [0.1, 0.15) is 24.0 Å². The Morgan fingerprint density at radius 3 is 1.71 bits per heavy atom. The molecule has 14 rings (SSSR count). The lowest BCUT2D eigenvalue weighted by Gasteiger charge is -2.27. The van der Waals surface area contributed by atoms with Crippen molar-refractivity contribution >= 4 is 88.2 Å². The number of para-hydroxylation sites is 4. The lowest BCUT2D eigenvalue weighted by Crippen LogP contribution is -2.25. The van der Waals surface area contributed by atoms with E-state index >= 15 is 0 Å². The van der Waals surface area contributed by atoms with E-state index in [-0.39, 0.29) is 17.5 Å². The minimum Gasteiger partial charge on any atom is -0.457 e. The summed E-state index contributed by atoms with van der Waals surface area (Å²) in [6.07, 6.45) is 1.90. The number of aryl methyl sites for hydroxylation is 2. The van der Waals surface area contributed by atoms with E-state index in [2.05, 4.69) is 147 Å². The highest BCUT2D eigenvalue weighted by Crippen LogP contribution is 2.55. The molecular weight excluding hydrogens is 941 g/mol. The second-order valence-corrected chi connectivity index (χ2v) is 22.6. The van der Waals surface area contributed by atoms with Crippen LogP contribution in [0.1, 0.15) is 60.9 Å². The minimum atomic E-state index is -2.68. The molecule has 0 spiro atoms. The van der Waals surface area contributed by atoms with E-state index in [0.717, 1.165) is 94.0 Å². The van der Waals surface area contributed by atoms with Crippen molar-refractivity contribution in [2.75, 3.05) is 16.5 Å². The monoisotopic (exact) mass is 1010 g/mol. The number of rotatable bonds is 7. The van der Waals surface area contributed by atoms with Crippen molar-refractivity contribution < 1.29 is 13.0 Å². The van der Waals surface area contributed by atoms with Crippen molar-refractivity contribution in [3.63, 3.8) is 0 Å². The summed E-state index contributed by atoms with van der Waals surface area (Å²) in [4.78, 5) is 9.34. The Morgan fingerprint density at radius 2 is 1.06 bits per heavy atom. The highest BCUT2D eigenvalue weighted by Gasteiger charge is 2.35. The summed E-state index contributed by atoms with van der Waals surface area (Å²) in [5.74, 6) is 2.10. The first-order valence-corrected chi connectivity index (χ1v) is 26.4. The van der Waals surface area contributed by atoms with Crippen LogP contribution in [-0.2, 0) is 24.8 Å². The molecule has 0 unspecified atom stereocenters. The van der Waals surface area contributed by atoms with Crippen molar-refractivity contribution in [3.8, 4) is 39.6 Å². The van der Waals surface area contributed by atoms with Gasteiger partial charge in [-0.05, 0) is 111 Å². The van der Waals surface area contributed by atoms with Gasteiger partial charge in [-0.1, -0.05) is 157 Å². The summed E-state index contributed by atoms with van der Waals surface area (Å²) in [7, 11) is 0. The highest BCUT2D eigenvalue weighted by molar-refractivity contribution is 6.33. The third-order valence-electron chi connectivity index (χ3n) is 15.8. The third kappa shape index (κ3) is 7.35. The Hall–Kier alpha value is -9.07. The molecule has 7 heteroatoms. The molecule has 0 bridgehead atoms. The van der Waals surface area contributed by atoms with E-state index in [1.54, 1.807) is 0 Å². The Labute approximate surface area is 457 Å². The van der Waals surface area contributed by atoms with E-state index in [4.69, 9.17) is 9.72 Å². The summed E-state index contributed by atoms with van der Waals surface area (Å²) >= 11 is 0. The fourth-order valence-electron chi connectivity index (χ4n) is 11.9. The quantitative estimate of drug-likeness (QED) is 0.160. The fourth-order valence-corrected chi connectivity index (χ4v) is 11.9. The molecular formula is C70H60N6O. The van der Waals surface area contributed by atoms with E-state index in [1.165, 1.54) is 14.7 Å². The van der Waals surface area contributed by atoms with Crippen LogP contribution in [0.2, 0.25) is 0 Å². The normalized spacial score (nSPS) is 14.6. The Kier molecular flexibility index (Phi) is 9.01. The van der Waals surface area contributed by atoms with Gasteiger partial charge < -0.3 is 23.7 Å². The lowest BCUT2D eigenvalue weighted by molar-refractivity contribution is 0.479. The Bertz CT molecular complexity index is 4640. The Morgan fingerprint density at radius 1 is 0.455 bits per heavy atom. The highest BCUT2D eigenvalue weighted by atomic mass is 16.5. The number of aromatic nitrogens is 4. The lowest BCUT2D eigenvalue weighted by atomic mass is 9.86. The van der Waals surface area contributed by atoms with Crippen molar-refractivity contribution in [2.45, 2.75) is 52.4 Å². The minimum absolute atomic E-state index is 0.102. The molecule has 7 nitrogen and oxygen atoms in total. The van der Waals surface area contributed by atoms with Crippen LogP contribution >= 0.6 is 0 Å². The topological polar surface area (TPSA) is 43.4 Å². The molecule has 1 aliphatic heterocycles. The number of hydrogen-bond acceptors (Lipinski definition) is 4. The third-order valence-corrected chi connectivity index (χ3v) is 15.8. The van der Waals surface area contributed by atoms with Gasteiger partial charge in [0.15, 0.2) is 0 Å². The molecule has 9 aromatic carbocycles. The Balaban J connectivity index is 0.976. The molecule has 4 aromatic heterocycles. The molecule has 376 valence electrons. The number of anilines is 4. The fraction of sp³-hybridized carbons (Fsp3) is 0.157. The van der Waals surface area contributed by atoms with Crippen LogP contribution in [0.4, 0.5) is 22.7 Å². The van der Waals surface area contributed by atoms with Crippen LogP contribution in [0.3, 0.4) is 0 Å². The van der Waals surface area contributed by atoms with Gasteiger partial charge in [0, 0.05) is 95.1 Å².